The molecule has 2 aromatic rings. The average Bonchev–Trinajstić information content (AvgIpc) is 2.53. The third kappa shape index (κ3) is 4.99. The normalized spacial score (nSPS) is 11.8. The molecule has 0 fully saturated rings. The van der Waals surface area contributed by atoms with E-state index in [0.717, 1.165) is 6.26 Å². The first-order valence-corrected chi connectivity index (χ1v) is 9.45. The van der Waals surface area contributed by atoms with E-state index in [-0.39, 0.29) is 17.4 Å². The molecule has 0 radical (unpaired) electrons. The zero-order valence-electron chi connectivity index (χ0n) is 14.2. The highest BCUT2D eigenvalue weighted by atomic mass is 32.2. The van der Waals surface area contributed by atoms with Gasteiger partial charge in [-0.3, -0.25) is 0 Å². The molecule has 0 saturated heterocycles. The van der Waals surface area contributed by atoms with Crippen LogP contribution in [0.3, 0.4) is 0 Å². The number of carbonyl (C=O) groups is 1. The van der Waals surface area contributed by atoms with Gasteiger partial charge in [0.15, 0.2) is 14.9 Å². The average molecular weight is 365 g/mol. The minimum absolute atomic E-state index is 0.0702. The molecular formula is C17H20FN3O3S. The second-order valence-electron chi connectivity index (χ2n) is 6.33. The van der Waals surface area contributed by atoms with E-state index in [9.17, 15) is 17.6 Å². The molecule has 0 saturated carbocycles. The van der Waals surface area contributed by atoms with E-state index >= 15 is 0 Å². The fourth-order valence-corrected chi connectivity index (χ4v) is 2.81. The summed E-state index contributed by atoms with van der Waals surface area (Å²) in [7, 11) is -3.39. The highest BCUT2D eigenvalue weighted by Gasteiger charge is 2.24. The molecule has 2 rings (SSSR count). The summed E-state index contributed by atoms with van der Waals surface area (Å²) in [5.74, 6) is -0.324. The van der Waals surface area contributed by atoms with E-state index in [2.05, 4.69) is 15.6 Å². The number of sulfone groups is 1. The van der Waals surface area contributed by atoms with Crippen molar-refractivity contribution < 1.29 is 17.6 Å². The van der Waals surface area contributed by atoms with Crippen molar-refractivity contribution in [1.82, 2.24) is 10.3 Å². The predicted octanol–water partition coefficient (Wildman–Crippen LogP) is 2.72. The van der Waals surface area contributed by atoms with E-state index in [1.807, 2.05) is 13.8 Å². The Labute approximate surface area is 146 Å². The van der Waals surface area contributed by atoms with Crippen molar-refractivity contribution in [3.05, 3.63) is 54.0 Å². The number of halogens is 1. The second-order valence-corrected chi connectivity index (χ2v) is 8.29. The highest BCUT2D eigenvalue weighted by Crippen LogP contribution is 2.24. The van der Waals surface area contributed by atoms with Gasteiger partial charge in [-0.2, -0.15) is 0 Å². The Bertz CT molecular complexity index is 865. The molecule has 8 heteroatoms. The Kier molecular flexibility index (Phi) is 5.42. The van der Waals surface area contributed by atoms with Crippen molar-refractivity contribution in [3.8, 4) is 0 Å². The lowest BCUT2D eigenvalue weighted by atomic mass is 9.84. The zero-order chi connectivity index (χ0) is 18.7. The lowest BCUT2D eigenvalue weighted by Gasteiger charge is -2.26. The molecule has 134 valence electrons. The largest absolute Gasteiger partial charge is 0.337 e. The quantitative estimate of drug-likeness (QED) is 0.853. The summed E-state index contributed by atoms with van der Waals surface area (Å²) >= 11 is 0. The summed E-state index contributed by atoms with van der Waals surface area (Å²) in [5.41, 5.74) is 0.268. The highest BCUT2D eigenvalue weighted by molar-refractivity contribution is 7.90. The number of nitrogens with zero attached hydrogens (tertiary/aromatic N) is 1. The van der Waals surface area contributed by atoms with Gasteiger partial charge in [0.1, 0.15) is 5.82 Å². The van der Waals surface area contributed by atoms with Crippen LogP contribution in [0.4, 0.5) is 14.9 Å². The Morgan fingerprint density at radius 1 is 1.20 bits per heavy atom. The molecule has 0 spiro atoms. The molecule has 0 aliphatic heterocycles. The van der Waals surface area contributed by atoms with Crippen molar-refractivity contribution in [2.75, 3.05) is 18.1 Å². The third-order valence-corrected chi connectivity index (χ3v) is 4.67. The van der Waals surface area contributed by atoms with Crippen LogP contribution in [-0.2, 0) is 15.3 Å². The Balaban J connectivity index is 1.98. The summed E-state index contributed by atoms with van der Waals surface area (Å²) in [6, 6.07) is 8.70. The number of hydrogen-bond donors (Lipinski definition) is 2. The van der Waals surface area contributed by atoms with E-state index in [1.54, 1.807) is 18.2 Å². The van der Waals surface area contributed by atoms with Crippen LogP contribution in [0, 0.1) is 5.82 Å². The van der Waals surface area contributed by atoms with Crippen molar-refractivity contribution in [2.24, 2.45) is 0 Å². The SMILES string of the molecule is CC(C)(CNC(=O)Nc1ccc(S(C)(=O)=O)nc1)c1ccccc1F. The predicted molar refractivity (Wildman–Crippen MR) is 93.8 cm³/mol. The van der Waals surface area contributed by atoms with Gasteiger partial charge in [-0.25, -0.2) is 22.6 Å². The van der Waals surface area contributed by atoms with Crippen LogP contribution in [0.25, 0.3) is 0 Å². The molecular weight excluding hydrogens is 345 g/mol. The van der Waals surface area contributed by atoms with Gasteiger partial charge in [-0.05, 0) is 23.8 Å². The van der Waals surface area contributed by atoms with Crippen LogP contribution in [0.15, 0.2) is 47.6 Å². The molecule has 0 unspecified atom stereocenters. The molecule has 0 aliphatic carbocycles. The van der Waals surface area contributed by atoms with Gasteiger partial charge in [0.05, 0.1) is 11.9 Å². The molecule has 25 heavy (non-hydrogen) atoms. The summed E-state index contributed by atoms with van der Waals surface area (Å²) < 4.78 is 36.6. The van der Waals surface area contributed by atoms with Crippen LogP contribution in [0.1, 0.15) is 19.4 Å². The standard InChI is InChI=1S/C17H20FN3O3S/c1-17(2,13-6-4-5-7-14(13)18)11-20-16(22)21-12-8-9-15(19-10-12)25(3,23)24/h4-10H,11H2,1-3H3,(H2,20,21,22). The Morgan fingerprint density at radius 3 is 2.44 bits per heavy atom. The second kappa shape index (κ2) is 7.18. The fraction of sp³-hybridized carbons (Fsp3) is 0.294. The smallest absolute Gasteiger partial charge is 0.319 e. The van der Waals surface area contributed by atoms with Gasteiger partial charge in [0, 0.05) is 18.2 Å². The molecule has 0 aliphatic rings. The summed E-state index contributed by atoms with van der Waals surface area (Å²) in [5, 5.41) is 5.17. The van der Waals surface area contributed by atoms with Crippen LogP contribution in [-0.4, -0.2) is 32.2 Å². The topological polar surface area (TPSA) is 88.2 Å². The minimum atomic E-state index is -3.39. The number of amides is 2. The van der Waals surface area contributed by atoms with Gasteiger partial charge >= 0.3 is 6.03 Å². The maximum Gasteiger partial charge on any atom is 0.319 e. The number of pyridine rings is 1. The van der Waals surface area contributed by atoms with Gasteiger partial charge in [-0.15, -0.1) is 0 Å². The van der Waals surface area contributed by atoms with E-state index < -0.39 is 21.3 Å². The molecule has 0 bridgehead atoms. The van der Waals surface area contributed by atoms with Gasteiger partial charge in [-0.1, -0.05) is 32.0 Å². The number of carbonyl (C=O) groups excluding carboxylic acids is 1. The number of hydrogen-bond acceptors (Lipinski definition) is 4. The summed E-state index contributed by atoms with van der Waals surface area (Å²) in [4.78, 5) is 15.8. The zero-order valence-corrected chi connectivity index (χ0v) is 15.0. The third-order valence-electron chi connectivity index (χ3n) is 3.67. The first-order valence-electron chi connectivity index (χ1n) is 7.55. The fourth-order valence-electron chi connectivity index (χ4n) is 2.26. The summed E-state index contributed by atoms with van der Waals surface area (Å²) in [6.07, 6.45) is 2.32. The molecule has 1 aromatic heterocycles. The molecule has 6 nitrogen and oxygen atoms in total. The Morgan fingerprint density at radius 2 is 1.88 bits per heavy atom. The number of rotatable bonds is 5. The van der Waals surface area contributed by atoms with Gasteiger partial charge in [0.25, 0.3) is 0 Å². The van der Waals surface area contributed by atoms with E-state index in [4.69, 9.17) is 0 Å². The molecule has 1 aromatic carbocycles. The van der Waals surface area contributed by atoms with E-state index in [0.29, 0.717) is 11.3 Å². The van der Waals surface area contributed by atoms with Crippen molar-refractivity contribution in [2.45, 2.75) is 24.3 Å². The van der Waals surface area contributed by atoms with Crippen LogP contribution in [0.5, 0.6) is 0 Å². The maximum atomic E-state index is 13.9. The minimum Gasteiger partial charge on any atom is -0.337 e. The number of benzene rings is 1. The van der Waals surface area contributed by atoms with Crippen molar-refractivity contribution in [1.29, 1.82) is 0 Å². The maximum absolute atomic E-state index is 13.9. The van der Waals surface area contributed by atoms with Crippen LogP contribution in [0.2, 0.25) is 0 Å². The van der Waals surface area contributed by atoms with E-state index in [1.165, 1.54) is 24.4 Å². The van der Waals surface area contributed by atoms with Gasteiger partial charge < -0.3 is 10.6 Å². The first kappa shape index (κ1) is 18.9. The van der Waals surface area contributed by atoms with Crippen molar-refractivity contribution in [3.63, 3.8) is 0 Å². The number of aromatic nitrogens is 1. The van der Waals surface area contributed by atoms with Gasteiger partial charge in [0.2, 0.25) is 0 Å². The monoisotopic (exact) mass is 365 g/mol. The molecule has 2 amide bonds. The molecule has 0 atom stereocenters. The Hall–Kier alpha value is -2.48. The lowest BCUT2D eigenvalue weighted by Crippen LogP contribution is -2.39. The summed E-state index contributed by atoms with van der Waals surface area (Å²) in [6.45, 7) is 3.87. The van der Waals surface area contributed by atoms with Crippen LogP contribution < -0.4 is 10.6 Å². The van der Waals surface area contributed by atoms with Crippen LogP contribution >= 0.6 is 0 Å². The molecule has 2 N–H and O–H groups in total. The lowest BCUT2D eigenvalue weighted by molar-refractivity contribution is 0.249. The number of anilines is 1. The molecule has 1 heterocycles. The van der Waals surface area contributed by atoms with Crippen molar-refractivity contribution >= 4 is 21.6 Å². The number of nitrogens with one attached hydrogen (secondary N) is 2. The first-order chi connectivity index (χ1) is 11.6. The number of urea groups is 1.